The third kappa shape index (κ3) is 1.82. The van der Waals surface area contributed by atoms with E-state index in [2.05, 4.69) is 33.8 Å². The van der Waals surface area contributed by atoms with E-state index in [1.54, 1.807) is 6.08 Å². The maximum absolute atomic E-state index is 11.8. The predicted molar refractivity (Wildman–Crippen MR) is 87.2 cm³/mol. The first-order valence-electron chi connectivity index (χ1n) is 8.89. The highest BCUT2D eigenvalue weighted by molar-refractivity contribution is 5.97. The Hall–Kier alpha value is -1.05. The van der Waals surface area contributed by atoms with Crippen molar-refractivity contribution in [3.63, 3.8) is 0 Å². The van der Waals surface area contributed by atoms with Gasteiger partial charge in [-0.1, -0.05) is 33.3 Å². The molecule has 2 fully saturated rings. The van der Waals surface area contributed by atoms with Crippen LogP contribution in [-0.4, -0.2) is 11.4 Å². The fourth-order valence-electron chi connectivity index (χ4n) is 6.28. The van der Waals surface area contributed by atoms with Crippen LogP contribution in [0.1, 0.15) is 66.2 Å². The maximum atomic E-state index is 11.8. The Morgan fingerprint density at radius 1 is 1.14 bits per heavy atom. The molecule has 0 N–H and O–H groups in total. The second-order valence-corrected chi connectivity index (χ2v) is 9.18. The zero-order chi connectivity index (χ0) is 15.8. The van der Waals surface area contributed by atoms with E-state index in [4.69, 9.17) is 4.74 Å². The third-order valence-corrected chi connectivity index (χ3v) is 7.26. The molecule has 2 saturated carbocycles. The molecule has 0 bridgehead atoms. The normalized spacial score (nSPS) is 45.9. The average Bonchev–Trinajstić information content (AvgIpc) is 2.74. The summed E-state index contributed by atoms with van der Waals surface area (Å²) in [6.45, 7) is 9.68. The number of carbonyl (C=O) groups excluding carboxylic acids is 1. The molecule has 1 heterocycles. The van der Waals surface area contributed by atoms with Crippen LogP contribution in [-0.2, 0) is 9.53 Å². The first kappa shape index (κ1) is 14.5. The molecule has 2 heteroatoms. The Kier molecular flexibility index (Phi) is 2.82. The van der Waals surface area contributed by atoms with Gasteiger partial charge >= 0.3 is 0 Å². The lowest BCUT2D eigenvalue weighted by Gasteiger charge is -2.62. The van der Waals surface area contributed by atoms with Crippen molar-refractivity contribution in [1.82, 2.24) is 0 Å². The standard InChI is InChI=1S/C20H28O2/c1-18(2)7-5-8-19(3)16(18)6-9-20(4)17(19)11-13-10-14(21)12-15(13)22-20/h11-12,16-17H,5-10H2,1-4H3. The molecular formula is C20H28O2. The van der Waals surface area contributed by atoms with Crippen LogP contribution in [0.2, 0.25) is 0 Å². The number of fused-ring (bicyclic) bond motifs is 4. The van der Waals surface area contributed by atoms with Crippen molar-refractivity contribution < 1.29 is 9.53 Å². The molecule has 4 rings (SSSR count). The molecule has 0 aromatic heterocycles. The second kappa shape index (κ2) is 4.27. The van der Waals surface area contributed by atoms with Gasteiger partial charge in [0, 0.05) is 18.4 Å². The molecule has 0 radical (unpaired) electrons. The van der Waals surface area contributed by atoms with E-state index in [1.807, 2.05) is 0 Å². The summed E-state index contributed by atoms with van der Waals surface area (Å²) < 4.78 is 6.43. The summed E-state index contributed by atoms with van der Waals surface area (Å²) >= 11 is 0. The van der Waals surface area contributed by atoms with Gasteiger partial charge in [-0.15, -0.1) is 0 Å². The van der Waals surface area contributed by atoms with Gasteiger partial charge in [0.1, 0.15) is 11.4 Å². The number of ether oxygens (including phenoxy) is 1. The van der Waals surface area contributed by atoms with E-state index < -0.39 is 0 Å². The molecule has 2 nitrogen and oxygen atoms in total. The first-order chi connectivity index (χ1) is 10.2. The van der Waals surface area contributed by atoms with E-state index in [0.29, 0.717) is 23.2 Å². The van der Waals surface area contributed by atoms with Crippen LogP contribution in [0.4, 0.5) is 0 Å². The Labute approximate surface area is 134 Å². The van der Waals surface area contributed by atoms with Gasteiger partial charge in [-0.3, -0.25) is 4.79 Å². The molecular weight excluding hydrogens is 272 g/mol. The SMILES string of the molecule is CC1(C)CCCC2(C)C1CCC1(C)OC3=CC(=O)CC3=CC12. The Morgan fingerprint density at radius 2 is 1.91 bits per heavy atom. The summed E-state index contributed by atoms with van der Waals surface area (Å²) in [5.74, 6) is 2.27. The third-order valence-electron chi connectivity index (χ3n) is 7.26. The van der Waals surface area contributed by atoms with Crippen molar-refractivity contribution in [3.8, 4) is 0 Å². The van der Waals surface area contributed by atoms with Crippen LogP contribution in [0.3, 0.4) is 0 Å². The highest BCUT2D eigenvalue weighted by Crippen LogP contribution is 2.64. The van der Waals surface area contributed by atoms with Gasteiger partial charge in [-0.05, 0) is 54.9 Å². The van der Waals surface area contributed by atoms with E-state index in [9.17, 15) is 4.79 Å². The van der Waals surface area contributed by atoms with Crippen LogP contribution in [0.5, 0.6) is 0 Å². The summed E-state index contributed by atoms with van der Waals surface area (Å²) in [5, 5.41) is 0. The van der Waals surface area contributed by atoms with Crippen molar-refractivity contribution >= 4 is 5.78 Å². The number of hydrogen-bond acceptors (Lipinski definition) is 2. The molecule has 4 unspecified atom stereocenters. The van der Waals surface area contributed by atoms with Gasteiger partial charge in [-0.2, -0.15) is 0 Å². The average molecular weight is 300 g/mol. The van der Waals surface area contributed by atoms with E-state index in [-0.39, 0.29) is 11.4 Å². The minimum Gasteiger partial charge on any atom is -0.487 e. The number of hydrogen-bond donors (Lipinski definition) is 0. The zero-order valence-corrected chi connectivity index (χ0v) is 14.4. The second-order valence-electron chi connectivity index (χ2n) is 9.18. The van der Waals surface area contributed by atoms with Crippen molar-refractivity contribution in [1.29, 1.82) is 0 Å². The fourth-order valence-corrected chi connectivity index (χ4v) is 6.28. The van der Waals surface area contributed by atoms with Crippen molar-refractivity contribution in [2.45, 2.75) is 71.8 Å². The molecule has 0 saturated heterocycles. The van der Waals surface area contributed by atoms with Crippen LogP contribution in [0, 0.1) is 22.7 Å². The van der Waals surface area contributed by atoms with Gasteiger partial charge < -0.3 is 4.74 Å². The summed E-state index contributed by atoms with van der Waals surface area (Å²) in [4.78, 5) is 11.8. The Balaban J connectivity index is 1.80. The monoisotopic (exact) mass is 300 g/mol. The van der Waals surface area contributed by atoms with Gasteiger partial charge in [0.15, 0.2) is 5.78 Å². The molecule has 0 amide bonds. The molecule has 4 atom stereocenters. The topological polar surface area (TPSA) is 26.3 Å². The minimum atomic E-state index is -0.126. The van der Waals surface area contributed by atoms with Gasteiger partial charge in [0.25, 0.3) is 0 Å². The van der Waals surface area contributed by atoms with Crippen LogP contribution >= 0.6 is 0 Å². The van der Waals surface area contributed by atoms with Crippen LogP contribution in [0.15, 0.2) is 23.5 Å². The molecule has 4 aliphatic rings. The van der Waals surface area contributed by atoms with Crippen LogP contribution < -0.4 is 0 Å². The van der Waals surface area contributed by atoms with Crippen molar-refractivity contribution in [2.24, 2.45) is 22.7 Å². The summed E-state index contributed by atoms with van der Waals surface area (Å²) in [5.41, 5.74) is 1.75. The Morgan fingerprint density at radius 3 is 2.68 bits per heavy atom. The summed E-state index contributed by atoms with van der Waals surface area (Å²) in [6.07, 6.45) is 11.0. The van der Waals surface area contributed by atoms with Crippen molar-refractivity contribution in [3.05, 3.63) is 23.5 Å². The van der Waals surface area contributed by atoms with Crippen molar-refractivity contribution in [2.75, 3.05) is 0 Å². The molecule has 120 valence electrons. The quantitative estimate of drug-likeness (QED) is 0.642. The fraction of sp³-hybridized carbons (Fsp3) is 0.750. The van der Waals surface area contributed by atoms with Gasteiger partial charge in [0.2, 0.25) is 0 Å². The molecule has 1 aliphatic heterocycles. The zero-order valence-electron chi connectivity index (χ0n) is 14.4. The molecule has 22 heavy (non-hydrogen) atoms. The molecule has 0 aromatic carbocycles. The number of rotatable bonds is 0. The lowest BCUT2D eigenvalue weighted by atomic mass is 9.45. The summed E-state index contributed by atoms with van der Waals surface area (Å²) in [7, 11) is 0. The number of allylic oxidation sites excluding steroid dienone is 2. The smallest absolute Gasteiger partial charge is 0.163 e. The first-order valence-corrected chi connectivity index (χ1v) is 8.89. The highest BCUT2D eigenvalue weighted by atomic mass is 16.5. The van der Waals surface area contributed by atoms with Crippen LogP contribution in [0.25, 0.3) is 0 Å². The van der Waals surface area contributed by atoms with E-state index in [0.717, 1.165) is 23.7 Å². The van der Waals surface area contributed by atoms with Gasteiger partial charge in [-0.25, -0.2) is 0 Å². The lowest BCUT2D eigenvalue weighted by Crippen LogP contribution is -2.58. The maximum Gasteiger partial charge on any atom is 0.163 e. The molecule has 3 aliphatic carbocycles. The predicted octanol–water partition coefficient (Wildman–Crippen LogP) is 4.80. The molecule has 0 spiro atoms. The summed E-state index contributed by atoms with van der Waals surface area (Å²) in [6, 6.07) is 0. The minimum absolute atomic E-state index is 0.126. The number of carbonyl (C=O) groups is 1. The lowest BCUT2D eigenvalue weighted by molar-refractivity contribution is -0.162. The van der Waals surface area contributed by atoms with E-state index >= 15 is 0 Å². The largest absolute Gasteiger partial charge is 0.487 e. The molecule has 0 aromatic rings. The Bertz CT molecular complexity index is 597. The van der Waals surface area contributed by atoms with Gasteiger partial charge in [0.05, 0.1) is 0 Å². The van der Waals surface area contributed by atoms with E-state index in [1.165, 1.54) is 25.7 Å². The highest BCUT2D eigenvalue weighted by Gasteiger charge is 2.60. The number of ketones is 1.